The topological polar surface area (TPSA) is 95.9 Å². The SMILES string of the molecule is CC/C=C\C/C=C\C/C=C\C/C=C\C/C=C\C/C=C\C(CC(=O)NC(CO)C(O)CCCCCCCCCCCC)OC(=O)CCCCCCC/C=C/CCCCCCCCC. The molecule has 0 saturated carbocycles. The van der Waals surface area contributed by atoms with Crippen LogP contribution in [-0.2, 0) is 14.3 Å². The van der Waals surface area contributed by atoms with Gasteiger partial charge < -0.3 is 20.3 Å². The molecule has 0 aliphatic carbocycles. The second-order valence-corrected chi connectivity index (χ2v) is 17.2. The molecule has 0 rings (SSSR count). The van der Waals surface area contributed by atoms with Gasteiger partial charge in [0.15, 0.2) is 0 Å². The van der Waals surface area contributed by atoms with Crippen LogP contribution in [0.15, 0.2) is 85.1 Å². The van der Waals surface area contributed by atoms with Crippen LogP contribution >= 0.6 is 0 Å². The summed E-state index contributed by atoms with van der Waals surface area (Å²) in [6, 6.07) is -0.747. The minimum Gasteiger partial charge on any atom is -0.458 e. The molecule has 0 fully saturated rings. The lowest BCUT2D eigenvalue weighted by Gasteiger charge is -2.23. The lowest BCUT2D eigenvalue weighted by molar-refractivity contribution is -0.148. The molecule has 6 nitrogen and oxygen atoms in total. The van der Waals surface area contributed by atoms with Crippen LogP contribution in [0.4, 0.5) is 0 Å². The zero-order chi connectivity index (χ0) is 45.2. The van der Waals surface area contributed by atoms with Crippen molar-refractivity contribution >= 4 is 11.9 Å². The first-order valence-corrected chi connectivity index (χ1v) is 25.8. The highest BCUT2D eigenvalue weighted by Gasteiger charge is 2.23. The Bertz CT molecular complexity index is 1200. The number of unbranched alkanes of at least 4 members (excludes halogenated alkanes) is 21. The van der Waals surface area contributed by atoms with Crippen molar-refractivity contribution < 1.29 is 24.5 Å². The molecule has 0 spiro atoms. The van der Waals surface area contributed by atoms with E-state index in [1.54, 1.807) is 6.08 Å². The first kappa shape index (κ1) is 59.0. The van der Waals surface area contributed by atoms with E-state index in [-0.39, 0.29) is 24.9 Å². The van der Waals surface area contributed by atoms with E-state index in [2.05, 4.69) is 99.0 Å². The zero-order valence-electron chi connectivity index (χ0n) is 40.5. The number of amides is 1. The van der Waals surface area contributed by atoms with Gasteiger partial charge in [-0.15, -0.1) is 0 Å². The highest BCUT2D eigenvalue weighted by molar-refractivity contribution is 5.78. The van der Waals surface area contributed by atoms with Crippen molar-refractivity contribution in [3.63, 3.8) is 0 Å². The second-order valence-electron chi connectivity index (χ2n) is 17.2. The van der Waals surface area contributed by atoms with E-state index in [4.69, 9.17) is 4.74 Å². The average molecular weight is 864 g/mol. The highest BCUT2D eigenvalue weighted by Crippen LogP contribution is 2.15. The molecule has 3 unspecified atom stereocenters. The number of nitrogens with one attached hydrogen (secondary N) is 1. The van der Waals surface area contributed by atoms with E-state index < -0.39 is 18.2 Å². The Morgan fingerprint density at radius 1 is 0.500 bits per heavy atom. The van der Waals surface area contributed by atoms with E-state index in [0.717, 1.165) is 83.5 Å². The third-order valence-corrected chi connectivity index (χ3v) is 11.2. The van der Waals surface area contributed by atoms with Crippen molar-refractivity contribution in [2.24, 2.45) is 0 Å². The number of aliphatic hydroxyl groups excluding tert-OH is 2. The molecular weight excluding hydrogens is 767 g/mol. The Balaban J connectivity index is 4.79. The lowest BCUT2D eigenvalue weighted by Crippen LogP contribution is -2.46. The minimum atomic E-state index is -0.823. The van der Waals surface area contributed by atoms with E-state index in [1.807, 2.05) is 6.08 Å². The standard InChI is InChI=1S/C56H97NO5/c1-4-7-10-13-16-19-22-24-26-28-29-31-33-35-38-41-44-47-52(50-55(60)57-53(51-58)54(59)48-45-42-39-36-21-18-15-12-9-6-3)62-56(61)49-46-43-40-37-34-32-30-27-25-23-20-17-14-11-8-5-2/h7,10,16,19,24,26-27,29-31,35,38,44,47,52-54,58-59H,4-6,8-9,11-15,17-18,20-23,25,28,32-34,36-37,39-43,45-46,48-51H2,1-3H3,(H,57,60)/b10-7-,19-16-,26-24-,30-27+,31-29-,38-35-,47-44-. The molecule has 62 heavy (non-hydrogen) atoms. The fourth-order valence-electron chi connectivity index (χ4n) is 7.30. The monoisotopic (exact) mass is 864 g/mol. The van der Waals surface area contributed by atoms with Crippen LogP contribution in [0.3, 0.4) is 0 Å². The van der Waals surface area contributed by atoms with Gasteiger partial charge in [-0.25, -0.2) is 0 Å². The van der Waals surface area contributed by atoms with Gasteiger partial charge in [-0.1, -0.05) is 222 Å². The smallest absolute Gasteiger partial charge is 0.306 e. The van der Waals surface area contributed by atoms with Crippen LogP contribution in [0.5, 0.6) is 0 Å². The number of rotatable bonds is 45. The van der Waals surface area contributed by atoms with Crippen molar-refractivity contribution in [3.8, 4) is 0 Å². The number of hydrogen-bond acceptors (Lipinski definition) is 5. The lowest BCUT2D eigenvalue weighted by atomic mass is 10.0. The Morgan fingerprint density at radius 3 is 1.35 bits per heavy atom. The minimum absolute atomic E-state index is 0.0537. The molecule has 0 aromatic carbocycles. The Labute approximate surface area is 383 Å². The quantitative estimate of drug-likeness (QED) is 0.0322. The molecule has 0 radical (unpaired) electrons. The molecule has 3 atom stereocenters. The third kappa shape index (κ3) is 43.7. The van der Waals surface area contributed by atoms with Crippen molar-refractivity contribution in [2.75, 3.05) is 6.61 Å². The van der Waals surface area contributed by atoms with E-state index in [0.29, 0.717) is 19.3 Å². The Hall–Kier alpha value is -2.96. The molecule has 0 aromatic rings. The number of carbonyl (C=O) groups excluding carboxylic acids is 2. The van der Waals surface area contributed by atoms with Gasteiger partial charge in [-0.3, -0.25) is 9.59 Å². The molecule has 0 aliphatic heterocycles. The predicted molar refractivity (Wildman–Crippen MR) is 268 cm³/mol. The van der Waals surface area contributed by atoms with Gasteiger partial charge in [-0.05, 0) is 83.1 Å². The second kappa shape index (κ2) is 49.1. The van der Waals surface area contributed by atoms with Crippen LogP contribution in [0.25, 0.3) is 0 Å². The summed E-state index contributed by atoms with van der Waals surface area (Å²) >= 11 is 0. The van der Waals surface area contributed by atoms with Gasteiger partial charge in [-0.2, -0.15) is 0 Å². The largest absolute Gasteiger partial charge is 0.458 e. The fraction of sp³-hybridized carbons (Fsp3) is 0.714. The molecule has 356 valence electrons. The van der Waals surface area contributed by atoms with Crippen molar-refractivity contribution in [2.45, 2.75) is 251 Å². The molecule has 0 aromatic heterocycles. The number of carbonyl (C=O) groups is 2. The normalized spacial score (nSPS) is 14.0. The van der Waals surface area contributed by atoms with Crippen molar-refractivity contribution in [3.05, 3.63) is 85.1 Å². The van der Waals surface area contributed by atoms with Gasteiger partial charge in [0.2, 0.25) is 5.91 Å². The fourth-order valence-corrected chi connectivity index (χ4v) is 7.30. The number of aliphatic hydroxyl groups is 2. The summed E-state index contributed by atoms with van der Waals surface area (Å²) in [5.74, 6) is -0.643. The number of hydrogen-bond donors (Lipinski definition) is 3. The highest BCUT2D eigenvalue weighted by atomic mass is 16.5. The maximum Gasteiger partial charge on any atom is 0.306 e. The Morgan fingerprint density at radius 2 is 0.903 bits per heavy atom. The van der Waals surface area contributed by atoms with Crippen LogP contribution in [0.2, 0.25) is 0 Å². The zero-order valence-corrected chi connectivity index (χ0v) is 40.5. The average Bonchev–Trinajstić information content (AvgIpc) is 3.26. The first-order chi connectivity index (χ1) is 30.5. The molecule has 0 bridgehead atoms. The summed E-state index contributed by atoms with van der Waals surface area (Å²) in [6.07, 6.45) is 63.9. The maximum absolute atomic E-state index is 13.2. The first-order valence-electron chi connectivity index (χ1n) is 25.8. The Kier molecular flexibility index (Phi) is 46.7. The third-order valence-electron chi connectivity index (χ3n) is 11.2. The molecule has 0 aliphatic rings. The van der Waals surface area contributed by atoms with E-state index in [9.17, 15) is 19.8 Å². The summed E-state index contributed by atoms with van der Waals surface area (Å²) in [5.41, 5.74) is 0. The summed E-state index contributed by atoms with van der Waals surface area (Å²) in [5, 5.41) is 23.6. The predicted octanol–water partition coefficient (Wildman–Crippen LogP) is 15.6. The molecule has 6 heteroatoms. The van der Waals surface area contributed by atoms with Gasteiger partial charge in [0.05, 0.1) is 25.2 Å². The summed E-state index contributed by atoms with van der Waals surface area (Å²) in [7, 11) is 0. The summed E-state index contributed by atoms with van der Waals surface area (Å²) in [4.78, 5) is 26.1. The molecule has 1 amide bonds. The van der Waals surface area contributed by atoms with Gasteiger partial charge >= 0.3 is 5.97 Å². The molecular formula is C56H97NO5. The van der Waals surface area contributed by atoms with Crippen LogP contribution in [-0.4, -0.2) is 46.9 Å². The number of esters is 1. The van der Waals surface area contributed by atoms with Crippen molar-refractivity contribution in [1.29, 1.82) is 0 Å². The maximum atomic E-state index is 13.2. The van der Waals surface area contributed by atoms with Crippen LogP contribution in [0.1, 0.15) is 233 Å². The van der Waals surface area contributed by atoms with Crippen LogP contribution in [0, 0.1) is 0 Å². The summed E-state index contributed by atoms with van der Waals surface area (Å²) in [6.45, 7) is 6.31. The van der Waals surface area contributed by atoms with E-state index in [1.165, 1.54) is 103 Å². The van der Waals surface area contributed by atoms with Gasteiger partial charge in [0.1, 0.15) is 6.10 Å². The number of allylic oxidation sites excluding steroid dienone is 13. The molecule has 0 heterocycles. The van der Waals surface area contributed by atoms with Crippen molar-refractivity contribution in [1.82, 2.24) is 5.32 Å². The van der Waals surface area contributed by atoms with Crippen LogP contribution < -0.4 is 5.32 Å². The molecule has 3 N–H and O–H groups in total. The summed E-state index contributed by atoms with van der Waals surface area (Å²) < 4.78 is 5.82. The van der Waals surface area contributed by atoms with E-state index >= 15 is 0 Å². The van der Waals surface area contributed by atoms with Gasteiger partial charge in [0.25, 0.3) is 0 Å². The number of ether oxygens (including phenoxy) is 1. The molecule has 0 saturated heterocycles. The van der Waals surface area contributed by atoms with Gasteiger partial charge in [0, 0.05) is 6.42 Å².